The molecule has 7 heteroatoms. The lowest BCUT2D eigenvalue weighted by Crippen LogP contribution is -2.42. The summed E-state index contributed by atoms with van der Waals surface area (Å²) in [6, 6.07) is 18.1. The predicted molar refractivity (Wildman–Crippen MR) is 158 cm³/mol. The number of hydrogen-bond donors (Lipinski definition) is 2. The Hall–Kier alpha value is -4.13. The van der Waals surface area contributed by atoms with Crippen molar-refractivity contribution in [1.29, 1.82) is 0 Å². The van der Waals surface area contributed by atoms with Gasteiger partial charge in [0.2, 0.25) is 5.91 Å². The molecule has 2 unspecified atom stereocenters. The van der Waals surface area contributed by atoms with Crippen molar-refractivity contribution >= 4 is 23.1 Å². The van der Waals surface area contributed by atoms with Gasteiger partial charge in [0.05, 0.1) is 11.7 Å². The van der Waals surface area contributed by atoms with Gasteiger partial charge in [-0.1, -0.05) is 71.0 Å². The molecule has 2 aliphatic rings. The first kappa shape index (κ1) is 28.4. The second-order valence-corrected chi connectivity index (χ2v) is 12.0. The zero-order chi connectivity index (χ0) is 29.5. The average Bonchev–Trinajstić information content (AvgIpc) is 3.07. The van der Waals surface area contributed by atoms with E-state index in [1.807, 2.05) is 30.3 Å². The molecule has 1 aliphatic carbocycles. The Bertz CT molecular complexity index is 1510. The van der Waals surface area contributed by atoms with Crippen LogP contribution in [0, 0.1) is 23.1 Å². The van der Waals surface area contributed by atoms with Crippen LogP contribution in [0.15, 0.2) is 78.0 Å². The van der Waals surface area contributed by atoms with Crippen molar-refractivity contribution in [2.24, 2.45) is 17.3 Å². The maximum absolute atomic E-state index is 16.1. The van der Waals surface area contributed by atoms with Gasteiger partial charge in [-0.2, -0.15) is 0 Å². The van der Waals surface area contributed by atoms with Crippen LogP contribution in [0.1, 0.15) is 64.6 Å². The van der Waals surface area contributed by atoms with E-state index in [2.05, 4.69) is 26.1 Å². The molecular formula is C34H37FN2O4. The van der Waals surface area contributed by atoms with Crippen LogP contribution in [0.3, 0.4) is 0 Å². The normalized spacial score (nSPS) is 20.4. The zero-order valence-corrected chi connectivity index (χ0v) is 24.2. The van der Waals surface area contributed by atoms with Gasteiger partial charge < -0.3 is 15.2 Å². The number of allylic oxidation sites excluding steroid dienone is 1. The number of Topliss-reactive ketones (excluding diaryl/α,β-unsaturated/α-hetero) is 1. The van der Waals surface area contributed by atoms with Gasteiger partial charge in [0, 0.05) is 35.2 Å². The quantitative estimate of drug-likeness (QED) is 0.307. The fourth-order valence-corrected chi connectivity index (χ4v) is 5.68. The molecule has 1 heterocycles. The first-order chi connectivity index (χ1) is 19.5. The summed E-state index contributed by atoms with van der Waals surface area (Å²) in [5, 5.41) is 14.2. The van der Waals surface area contributed by atoms with Crippen LogP contribution in [-0.2, 0) is 16.2 Å². The van der Waals surface area contributed by atoms with Crippen LogP contribution in [-0.4, -0.2) is 16.8 Å². The Morgan fingerprint density at radius 3 is 2.46 bits per heavy atom. The Morgan fingerprint density at radius 2 is 1.80 bits per heavy atom. The molecule has 3 aromatic carbocycles. The number of ether oxygens (including phenoxy) is 1. The molecule has 0 fully saturated rings. The first-order valence-corrected chi connectivity index (χ1v) is 14.1. The van der Waals surface area contributed by atoms with E-state index in [0.29, 0.717) is 34.8 Å². The fourth-order valence-electron chi connectivity index (χ4n) is 5.68. The summed E-state index contributed by atoms with van der Waals surface area (Å²) in [6.07, 6.45) is 0.785. The van der Waals surface area contributed by atoms with Crippen molar-refractivity contribution in [3.63, 3.8) is 0 Å². The lowest BCUT2D eigenvalue weighted by Gasteiger charge is -2.41. The molecule has 0 bridgehead atoms. The number of nitrogens with zero attached hydrogens (tertiary/aromatic N) is 1. The number of anilines is 2. The predicted octanol–water partition coefficient (Wildman–Crippen LogP) is 7.55. The number of carbonyl (C=O) groups is 2. The van der Waals surface area contributed by atoms with E-state index < -0.39 is 17.8 Å². The lowest BCUT2D eigenvalue weighted by molar-refractivity contribution is -0.122. The molecule has 0 saturated heterocycles. The molecule has 0 aromatic heterocycles. The summed E-state index contributed by atoms with van der Waals surface area (Å²) in [6.45, 7) is 10.1. The van der Waals surface area contributed by atoms with Crippen molar-refractivity contribution in [2.45, 2.75) is 60.1 Å². The van der Waals surface area contributed by atoms with Crippen LogP contribution in [0.4, 0.5) is 15.8 Å². The maximum atomic E-state index is 16.1. The topological polar surface area (TPSA) is 78.9 Å². The van der Waals surface area contributed by atoms with Crippen molar-refractivity contribution in [2.75, 3.05) is 10.2 Å². The van der Waals surface area contributed by atoms with E-state index in [4.69, 9.17) is 4.74 Å². The lowest BCUT2D eigenvalue weighted by atomic mass is 9.66. The van der Waals surface area contributed by atoms with Gasteiger partial charge in [-0.15, -0.1) is 0 Å². The number of nitrogens with one attached hydrogen (secondary N) is 1. The van der Waals surface area contributed by atoms with Gasteiger partial charge >= 0.3 is 0 Å². The fraction of sp³-hybridized carbons (Fsp3) is 0.353. The SMILES string of the molecule is CC(C)C(=O)N1c2cccc(O)c2NC2=C(C(=O)CC(C)(C(C)C)C2)C1c1ccc(OCc2ccccc2)cc1F. The van der Waals surface area contributed by atoms with Crippen LogP contribution in [0.5, 0.6) is 11.5 Å². The van der Waals surface area contributed by atoms with Gasteiger partial charge in [0.25, 0.3) is 0 Å². The number of aromatic hydroxyl groups is 1. The van der Waals surface area contributed by atoms with E-state index in [9.17, 15) is 14.7 Å². The number of hydrogen-bond acceptors (Lipinski definition) is 5. The van der Waals surface area contributed by atoms with Crippen LogP contribution < -0.4 is 15.0 Å². The second kappa shape index (κ2) is 11.0. The van der Waals surface area contributed by atoms with E-state index >= 15 is 4.39 Å². The molecule has 214 valence electrons. The smallest absolute Gasteiger partial charge is 0.230 e. The number of fused-ring (bicyclic) bond motifs is 1. The highest BCUT2D eigenvalue weighted by Gasteiger charge is 2.46. The average molecular weight is 557 g/mol. The van der Waals surface area contributed by atoms with E-state index in [1.165, 1.54) is 17.0 Å². The second-order valence-electron chi connectivity index (χ2n) is 12.0. The standard InChI is InChI=1S/C34H37FN2O4/c1-20(2)33(40)37-27-12-9-13-28(38)31(27)36-26-17-34(5,21(3)4)18-29(39)30(26)32(37)24-15-14-23(16-25(24)35)41-19-22-10-7-6-8-11-22/h6-16,20-21,32,36,38H,17-19H2,1-5H3. The molecule has 2 atom stereocenters. The number of para-hydroxylation sites is 1. The summed E-state index contributed by atoms with van der Waals surface area (Å²) < 4.78 is 22.0. The van der Waals surface area contributed by atoms with Gasteiger partial charge in [0.15, 0.2) is 5.78 Å². The van der Waals surface area contributed by atoms with Gasteiger partial charge in [-0.25, -0.2) is 4.39 Å². The number of amides is 1. The van der Waals surface area contributed by atoms with Crippen LogP contribution in [0.2, 0.25) is 0 Å². The summed E-state index contributed by atoms with van der Waals surface area (Å²) in [7, 11) is 0. The molecule has 0 radical (unpaired) electrons. The van der Waals surface area contributed by atoms with Gasteiger partial charge in [-0.3, -0.25) is 14.5 Å². The van der Waals surface area contributed by atoms with Gasteiger partial charge in [-0.05, 0) is 47.6 Å². The maximum Gasteiger partial charge on any atom is 0.230 e. The number of phenolic OH excluding ortho intramolecular Hbond substituents is 1. The number of halogens is 1. The van der Waals surface area contributed by atoms with Crippen LogP contribution in [0.25, 0.3) is 0 Å². The van der Waals surface area contributed by atoms with E-state index in [1.54, 1.807) is 38.1 Å². The molecule has 6 nitrogen and oxygen atoms in total. The molecule has 0 saturated carbocycles. The molecule has 1 amide bonds. The minimum Gasteiger partial charge on any atom is -0.506 e. The number of carbonyl (C=O) groups excluding carboxylic acids is 2. The number of ketones is 1. The monoisotopic (exact) mass is 556 g/mol. The largest absolute Gasteiger partial charge is 0.506 e. The zero-order valence-electron chi connectivity index (χ0n) is 24.2. The molecule has 5 rings (SSSR count). The molecule has 0 spiro atoms. The first-order valence-electron chi connectivity index (χ1n) is 14.1. The minimum absolute atomic E-state index is 0.0500. The Balaban J connectivity index is 1.67. The van der Waals surface area contributed by atoms with Crippen LogP contribution >= 0.6 is 0 Å². The van der Waals surface area contributed by atoms with Crippen molar-refractivity contribution in [3.8, 4) is 11.5 Å². The Kier molecular flexibility index (Phi) is 7.64. The summed E-state index contributed by atoms with van der Waals surface area (Å²) >= 11 is 0. The number of phenols is 1. The third-order valence-electron chi connectivity index (χ3n) is 8.50. The Labute approximate surface area is 240 Å². The third-order valence-corrected chi connectivity index (χ3v) is 8.50. The van der Waals surface area contributed by atoms with Crippen molar-refractivity contribution < 1.29 is 23.8 Å². The number of rotatable bonds is 6. The Morgan fingerprint density at radius 1 is 1.07 bits per heavy atom. The van der Waals surface area contributed by atoms with E-state index in [-0.39, 0.29) is 47.4 Å². The molecule has 41 heavy (non-hydrogen) atoms. The summed E-state index contributed by atoms with van der Waals surface area (Å²) in [4.78, 5) is 29.4. The third kappa shape index (κ3) is 5.33. The highest BCUT2D eigenvalue weighted by atomic mass is 19.1. The van der Waals surface area contributed by atoms with Crippen molar-refractivity contribution in [3.05, 3.63) is 94.9 Å². The molecule has 3 aromatic rings. The summed E-state index contributed by atoms with van der Waals surface area (Å²) in [5.74, 6) is -0.972. The van der Waals surface area contributed by atoms with Gasteiger partial charge in [0.1, 0.15) is 29.6 Å². The number of benzene rings is 3. The molecular weight excluding hydrogens is 519 g/mol. The molecule has 1 aliphatic heterocycles. The highest BCUT2D eigenvalue weighted by molar-refractivity contribution is 6.07. The summed E-state index contributed by atoms with van der Waals surface area (Å²) in [5.41, 5.74) is 2.48. The highest BCUT2D eigenvalue weighted by Crippen LogP contribution is 2.52. The minimum atomic E-state index is -1.03. The van der Waals surface area contributed by atoms with E-state index in [0.717, 1.165) is 5.56 Å². The molecule has 2 N–H and O–H groups in total. The van der Waals surface area contributed by atoms with Crippen molar-refractivity contribution in [1.82, 2.24) is 0 Å².